The number of halogens is 1. The SMILES string of the molecule is CCOC(=O)C1=C(C(OC)C2=CC(=O)N=N2)N=C(C)C(C(=O)OC)C1c1ccccc1Cl. The molecule has 2 aliphatic rings. The van der Waals surface area contributed by atoms with Crippen LogP contribution < -0.4 is 0 Å². The number of hydrogen-bond acceptors (Lipinski definition) is 8. The Hall–Kier alpha value is -3.17. The van der Waals surface area contributed by atoms with E-state index in [1.807, 2.05) is 0 Å². The fourth-order valence-electron chi connectivity index (χ4n) is 3.82. The molecule has 0 saturated heterocycles. The van der Waals surface area contributed by atoms with Crippen LogP contribution in [0, 0.1) is 5.92 Å². The quantitative estimate of drug-likeness (QED) is 0.577. The second-order valence-corrected chi connectivity index (χ2v) is 7.40. The van der Waals surface area contributed by atoms with Crippen LogP contribution in [0.4, 0.5) is 0 Å². The lowest BCUT2D eigenvalue weighted by atomic mass is 9.74. The van der Waals surface area contributed by atoms with Crippen LogP contribution in [0.15, 0.2) is 62.5 Å². The van der Waals surface area contributed by atoms with Crippen LogP contribution in [-0.2, 0) is 28.6 Å². The predicted octanol–water partition coefficient (Wildman–Crippen LogP) is 3.40. The Kier molecular flexibility index (Phi) is 7.32. The molecule has 9 nitrogen and oxygen atoms in total. The normalized spacial score (nSPS) is 21.2. The maximum Gasteiger partial charge on any atom is 0.336 e. The summed E-state index contributed by atoms with van der Waals surface area (Å²) in [5.74, 6) is -3.62. The van der Waals surface area contributed by atoms with Gasteiger partial charge in [0.15, 0.2) is 0 Å². The van der Waals surface area contributed by atoms with E-state index in [9.17, 15) is 14.4 Å². The van der Waals surface area contributed by atoms with Gasteiger partial charge in [-0.15, -0.1) is 10.2 Å². The molecule has 3 rings (SSSR count). The number of methoxy groups -OCH3 is 2. The van der Waals surface area contributed by atoms with Gasteiger partial charge in [0.2, 0.25) is 0 Å². The minimum atomic E-state index is -0.997. The zero-order chi connectivity index (χ0) is 23.4. The summed E-state index contributed by atoms with van der Waals surface area (Å²) < 4.78 is 15.9. The van der Waals surface area contributed by atoms with E-state index >= 15 is 0 Å². The summed E-state index contributed by atoms with van der Waals surface area (Å²) in [5.41, 5.74) is 1.32. The van der Waals surface area contributed by atoms with E-state index < -0.39 is 35.8 Å². The Bertz CT molecular complexity index is 1080. The minimum absolute atomic E-state index is 0.0725. The smallest absolute Gasteiger partial charge is 0.336 e. The molecule has 32 heavy (non-hydrogen) atoms. The first-order valence-corrected chi connectivity index (χ1v) is 10.2. The highest BCUT2D eigenvalue weighted by atomic mass is 35.5. The average Bonchev–Trinajstić information content (AvgIpc) is 3.19. The molecule has 0 bridgehead atoms. The monoisotopic (exact) mass is 459 g/mol. The molecule has 0 saturated carbocycles. The van der Waals surface area contributed by atoms with E-state index in [0.717, 1.165) is 0 Å². The Labute approximate surface area is 189 Å². The van der Waals surface area contributed by atoms with Crippen molar-refractivity contribution in [3.63, 3.8) is 0 Å². The molecular weight excluding hydrogens is 438 g/mol. The Morgan fingerprint density at radius 3 is 2.47 bits per heavy atom. The first kappa shape index (κ1) is 23.5. The number of benzene rings is 1. The molecule has 0 spiro atoms. The van der Waals surface area contributed by atoms with Crippen LogP contribution in [0.2, 0.25) is 5.02 Å². The number of carbonyl (C=O) groups excluding carboxylic acids is 3. The molecule has 1 aromatic rings. The van der Waals surface area contributed by atoms with Gasteiger partial charge in [0, 0.05) is 29.8 Å². The second-order valence-electron chi connectivity index (χ2n) is 7.00. The van der Waals surface area contributed by atoms with Crippen LogP contribution in [-0.4, -0.2) is 50.5 Å². The number of aliphatic imine (C=N–C) groups is 1. The lowest BCUT2D eigenvalue weighted by Crippen LogP contribution is -2.38. The minimum Gasteiger partial charge on any atom is -0.468 e. The van der Waals surface area contributed by atoms with Gasteiger partial charge in [-0.05, 0) is 25.5 Å². The zero-order valence-electron chi connectivity index (χ0n) is 18.0. The maximum atomic E-state index is 13.2. The van der Waals surface area contributed by atoms with Crippen molar-refractivity contribution in [1.82, 2.24) is 0 Å². The summed E-state index contributed by atoms with van der Waals surface area (Å²) in [6.45, 7) is 3.41. The summed E-state index contributed by atoms with van der Waals surface area (Å²) >= 11 is 6.49. The van der Waals surface area contributed by atoms with Crippen LogP contribution in [0.1, 0.15) is 25.3 Å². The van der Waals surface area contributed by atoms with E-state index in [4.69, 9.17) is 25.8 Å². The van der Waals surface area contributed by atoms with Crippen molar-refractivity contribution < 1.29 is 28.6 Å². The molecule has 0 fully saturated rings. The first-order valence-electron chi connectivity index (χ1n) is 9.82. The topological polar surface area (TPSA) is 116 Å². The number of ether oxygens (including phenoxy) is 3. The van der Waals surface area contributed by atoms with E-state index in [-0.39, 0.29) is 23.6 Å². The third-order valence-corrected chi connectivity index (χ3v) is 5.49. The van der Waals surface area contributed by atoms with Gasteiger partial charge in [-0.2, -0.15) is 0 Å². The van der Waals surface area contributed by atoms with Crippen LogP contribution in [0.3, 0.4) is 0 Å². The summed E-state index contributed by atoms with van der Waals surface area (Å²) in [7, 11) is 2.65. The fourth-order valence-corrected chi connectivity index (χ4v) is 4.07. The number of esters is 2. The molecule has 0 N–H and O–H groups in total. The highest BCUT2D eigenvalue weighted by molar-refractivity contribution is 6.31. The van der Waals surface area contributed by atoms with Gasteiger partial charge in [-0.3, -0.25) is 14.6 Å². The molecule has 2 aliphatic heterocycles. The van der Waals surface area contributed by atoms with Gasteiger partial charge >= 0.3 is 11.9 Å². The van der Waals surface area contributed by atoms with Crippen molar-refractivity contribution in [2.45, 2.75) is 25.9 Å². The predicted molar refractivity (Wildman–Crippen MR) is 115 cm³/mol. The molecular formula is C22H22ClN3O6. The number of amides is 1. The number of carbonyl (C=O) groups is 3. The summed E-state index contributed by atoms with van der Waals surface area (Å²) in [6.07, 6.45) is 0.203. The Morgan fingerprint density at radius 1 is 1.19 bits per heavy atom. The Balaban J connectivity index is 2.32. The third kappa shape index (κ3) is 4.39. The number of nitrogens with zero attached hydrogens (tertiary/aromatic N) is 3. The van der Waals surface area contributed by atoms with E-state index in [2.05, 4.69) is 15.2 Å². The second kappa shape index (κ2) is 9.97. The number of azo groups is 1. The highest BCUT2D eigenvalue weighted by Crippen LogP contribution is 2.44. The summed E-state index contributed by atoms with van der Waals surface area (Å²) in [4.78, 5) is 42.2. The van der Waals surface area contributed by atoms with Crippen molar-refractivity contribution in [1.29, 1.82) is 0 Å². The average molecular weight is 460 g/mol. The van der Waals surface area contributed by atoms with Crippen LogP contribution in [0.5, 0.6) is 0 Å². The highest BCUT2D eigenvalue weighted by Gasteiger charge is 2.45. The van der Waals surface area contributed by atoms with Crippen molar-refractivity contribution >= 4 is 35.2 Å². The van der Waals surface area contributed by atoms with Crippen LogP contribution in [0.25, 0.3) is 0 Å². The van der Waals surface area contributed by atoms with Crippen molar-refractivity contribution in [3.05, 3.63) is 57.9 Å². The van der Waals surface area contributed by atoms with Gasteiger partial charge in [-0.1, -0.05) is 29.8 Å². The molecule has 168 valence electrons. The van der Waals surface area contributed by atoms with Gasteiger partial charge in [-0.25, -0.2) is 4.79 Å². The Morgan fingerprint density at radius 2 is 1.91 bits per heavy atom. The fraction of sp³-hybridized carbons (Fsp3) is 0.364. The zero-order valence-corrected chi connectivity index (χ0v) is 18.8. The van der Waals surface area contributed by atoms with E-state index in [0.29, 0.717) is 16.3 Å². The van der Waals surface area contributed by atoms with Crippen molar-refractivity contribution in [2.24, 2.45) is 21.1 Å². The molecule has 0 radical (unpaired) electrons. The standard InChI is InChI=1S/C22H22ClN3O6/c1-5-32-22(29)18-17(12-8-6-7-9-13(12)23)16(21(28)31-4)11(2)24-19(18)20(30-3)14-10-15(27)26-25-14/h6-10,16-17,20H,5H2,1-4H3. The lowest BCUT2D eigenvalue weighted by Gasteiger charge is -2.34. The lowest BCUT2D eigenvalue weighted by molar-refractivity contribution is -0.144. The van der Waals surface area contributed by atoms with E-state index in [1.165, 1.54) is 20.3 Å². The largest absolute Gasteiger partial charge is 0.468 e. The number of rotatable bonds is 7. The molecule has 0 aliphatic carbocycles. The molecule has 10 heteroatoms. The van der Waals surface area contributed by atoms with Crippen molar-refractivity contribution in [2.75, 3.05) is 20.8 Å². The third-order valence-electron chi connectivity index (χ3n) is 5.15. The molecule has 3 atom stereocenters. The summed E-state index contributed by atoms with van der Waals surface area (Å²) in [6, 6.07) is 6.87. The molecule has 2 heterocycles. The first-order chi connectivity index (χ1) is 15.3. The number of hydrogen-bond donors (Lipinski definition) is 0. The van der Waals surface area contributed by atoms with Gasteiger partial charge in [0.05, 0.1) is 25.0 Å². The molecule has 3 unspecified atom stereocenters. The van der Waals surface area contributed by atoms with E-state index in [1.54, 1.807) is 38.1 Å². The van der Waals surface area contributed by atoms with Crippen molar-refractivity contribution in [3.8, 4) is 0 Å². The van der Waals surface area contributed by atoms with Crippen LogP contribution >= 0.6 is 11.6 Å². The molecule has 1 aromatic carbocycles. The summed E-state index contributed by atoms with van der Waals surface area (Å²) in [5, 5.41) is 7.69. The van der Waals surface area contributed by atoms with Gasteiger partial charge in [0.1, 0.15) is 17.7 Å². The maximum absolute atomic E-state index is 13.2. The van der Waals surface area contributed by atoms with Gasteiger partial charge in [0.25, 0.3) is 5.91 Å². The molecule has 1 amide bonds. The van der Waals surface area contributed by atoms with Gasteiger partial charge < -0.3 is 14.2 Å². The molecule has 0 aromatic heterocycles.